The fourth-order valence-corrected chi connectivity index (χ4v) is 3.61. The Balaban J connectivity index is 1.65. The van der Waals surface area contributed by atoms with Gasteiger partial charge in [-0.15, -0.1) is 11.3 Å². The number of hydrogen-bond acceptors (Lipinski definition) is 4. The minimum absolute atomic E-state index is 0.621. The summed E-state index contributed by atoms with van der Waals surface area (Å²) in [6.07, 6.45) is 1.76. The Kier molecular flexibility index (Phi) is 5.37. The van der Waals surface area contributed by atoms with Crippen molar-refractivity contribution in [2.45, 2.75) is 0 Å². The van der Waals surface area contributed by atoms with Crippen molar-refractivity contribution < 1.29 is 0 Å². The maximum atomic E-state index is 4.70. The number of aromatic nitrogens is 1. The fraction of sp³-hybridized carbons (Fsp3) is 0. The maximum absolute atomic E-state index is 4.70. The maximum Gasteiger partial charge on any atom is 0.183 e. The first kappa shape index (κ1) is 17.6. The van der Waals surface area contributed by atoms with Gasteiger partial charge in [-0.05, 0) is 42.0 Å². The molecule has 0 amide bonds. The number of hydrogen-bond donors (Lipinski definition) is 1. The first-order valence-electron chi connectivity index (χ1n) is 8.32. The van der Waals surface area contributed by atoms with Gasteiger partial charge >= 0.3 is 0 Å². The average molecular weight is 435 g/mol. The van der Waals surface area contributed by atoms with Gasteiger partial charge in [0.1, 0.15) is 0 Å². The Morgan fingerprint density at radius 2 is 1.67 bits per heavy atom. The lowest BCUT2D eigenvalue weighted by Gasteiger charge is -2.03. The molecule has 1 N–H and O–H groups in total. The van der Waals surface area contributed by atoms with Crippen LogP contribution in [-0.4, -0.2) is 17.0 Å². The van der Waals surface area contributed by atoms with E-state index in [2.05, 4.69) is 32.5 Å². The highest BCUT2D eigenvalue weighted by Gasteiger charge is 2.10. The van der Waals surface area contributed by atoms with Gasteiger partial charge in [0.15, 0.2) is 10.8 Å². The SMILES string of the molecule is Brc1ccc(/C=N/NC(=Nc2ccccc2)c2nc3ccccc3s2)cc1. The summed E-state index contributed by atoms with van der Waals surface area (Å²) in [5.74, 6) is 0.621. The highest BCUT2D eigenvalue weighted by molar-refractivity contribution is 9.10. The molecule has 4 nitrogen and oxygen atoms in total. The summed E-state index contributed by atoms with van der Waals surface area (Å²) in [6.45, 7) is 0. The van der Waals surface area contributed by atoms with Gasteiger partial charge in [-0.25, -0.2) is 9.98 Å². The molecular weight excluding hydrogens is 420 g/mol. The molecule has 0 aliphatic heterocycles. The van der Waals surface area contributed by atoms with E-state index < -0.39 is 0 Å². The Labute approximate surface area is 169 Å². The number of hydrazone groups is 1. The van der Waals surface area contributed by atoms with Crippen LogP contribution in [0.2, 0.25) is 0 Å². The molecule has 0 aliphatic rings. The molecule has 0 bridgehead atoms. The highest BCUT2D eigenvalue weighted by Crippen LogP contribution is 2.23. The van der Waals surface area contributed by atoms with Crippen LogP contribution >= 0.6 is 27.3 Å². The van der Waals surface area contributed by atoms with E-state index in [-0.39, 0.29) is 0 Å². The third-order valence-electron chi connectivity index (χ3n) is 3.75. The van der Waals surface area contributed by atoms with E-state index in [0.717, 1.165) is 30.9 Å². The number of thiazole rings is 1. The van der Waals surface area contributed by atoms with Gasteiger partial charge in [-0.3, -0.25) is 5.43 Å². The fourth-order valence-electron chi connectivity index (χ4n) is 2.44. The van der Waals surface area contributed by atoms with Crippen LogP contribution in [0.1, 0.15) is 10.6 Å². The van der Waals surface area contributed by atoms with Crippen molar-refractivity contribution in [2.75, 3.05) is 0 Å². The Morgan fingerprint density at radius 3 is 2.44 bits per heavy atom. The molecular formula is C21H15BrN4S. The Bertz CT molecular complexity index is 1070. The first-order chi connectivity index (χ1) is 13.3. The first-order valence-corrected chi connectivity index (χ1v) is 9.93. The van der Waals surface area contributed by atoms with Crippen LogP contribution in [0.3, 0.4) is 0 Å². The number of nitrogens with zero attached hydrogens (tertiary/aromatic N) is 3. The molecule has 1 aromatic heterocycles. The van der Waals surface area contributed by atoms with Crippen molar-refractivity contribution in [1.82, 2.24) is 10.4 Å². The second kappa shape index (κ2) is 8.24. The van der Waals surface area contributed by atoms with Crippen LogP contribution in [0.25, 0.3) is 10.2 Å². The van der Waals surface area contributed by atoms with Crippen LogP contribution in [0.5, 0.6) is 0 Å². The molecule has 4 aromatic rings. The number of rotatable bonds is 4. The number of amidine groups is 1. The predicted molar refractivity (Wildman–Crippen MR) is 117 cm³/mol. The molecule has 0 unspecified atom stereocenters. The minimum atomic E-state index is 0.621. The van der Waals surface area contributed by atoms with Crippen molar-refractivity contribution in [3.05, 3.63) is 93.9 Å². The summed E-state index contributed by atoms with van der Waals surface area (Å²) in [5, 5.41) is 5.16. The third-order valence-corrected chi connectivity index (χ3v) is 5.32. The lowest BCUT2D eigenvalue weighted by Crippen LogP contribution is -2.18. The summed E-state index contributed by atoms with van der Waals surface area (Å²) in [7, 11) is 0. The zero-order valence-corrected chi connectivity index (χ0v) is 16.6. The van der Waals surface area contributed by atoms with Crippen LogP contribution in [0.4, 0.5) is 5.69 Å². The highest BCUT2D eigenvalue weighted by atomic mass is 79.9. The van der Waals surface area contributed by atoms with Gasteiger partial charge in [0.05, 0.1) is 22.1 Å². The predicted octanol–water partition coefficient (Wildman–Crippen LogP) is 5.76. The summed E-state index contributed by atoms with van der Waals surface area (Å²) >= 11 is 5.02. The molecule has 132 valence electrons. The normalized spacial score (nSPS) is 12.0. The molecule has 0 atom stereocenters. The number of nitrogens with one attached hydrogen (secondary N) is 1. The van der Waals surface area contributed by atoms with Crippen molar-refractivity contribution in [3.63, 3.8) is 0 Å². The Morgan fingerprint density at radius 1 is 0.926 bits per heavy atom. The number of fused-ring (bicyclic) bond motifs is 1. The van der Waals surface area contributed by atoms with Crippen LogP contribution in [-0.2, 0) is 0 Å². The van der Waals surface area contributed by atoms with Crippen molar-refractivity contribution in [2.24, 2.45) is 10.1 Å². The lowest BCUT2D eigenvalue weighted by atomic mass is 10.2. The lowest BCUT2D eigenvalue weighted by molar-refractivity contribution is 1.03. The standard InChI is InChI=1S/C21H15BrN4S/c22-16-12-10-15(11-13-16)14-23-26-20(24-17-6-2-1-3-7-17)21-25-18-8-4-5-9-19(18)27-21/h1-14H,(H,24,26)/b23-14+. The second-order valence-electron chi connectivity index (χ2n) is 5.70. The van der Waals surface area contributed by atoms with Crippen molar-refractivity contribution in [1.29, 1.82) is 0 Å². The summed E-state index contributed by atoms with van der Waals surface area (Å²) in [6, 6.07) is 25.8. The van der Waals surface area contributed by atoms with Gasteiger partial charge < -0.3 is 0 Å². The van der Waals surface area contributed by atoms with Crippen LogP contribution in [0.15, 0.2) is 93.4 Å². The molecule has 27 heavy (non-hydrogen) atoms. The number of benzene rings is 3. The molecule has 0 saturated heterocycles. The van der Waals surface area contributed by atoms with Gasteiger partial charge in [-0.1, -0.05) is 58.4 Å². The van der Waals surface area contributed by atoms with E-state index in [1.807, 2.05) is 72.8 Å². The number of aliphatic imine (C=N–C) groups is 1. The molecule has 4 rings (SSSR count). The van der Waals surface area contributed by atoms with Gasteiger partial charge in [0.25, 0.3) is 0 Å². The van der Waals surface area contributed by atoms with E-state index in [0.29, 0.717) is 5.84 Å². The Hall–Kier alpha value is -2.83. The monoisotopic (exact) mass is 434 g/mol. The summed E-state index contributed by atoms with van der Waals surface area (Å²) in [5.41, 5.74) is 5.86. The van der Waals surface area contributed by atoms with Gasteiger partial charge in [-0.2, -0.15) is 5.10 Å². The quantitative estimate of drug-likeness (QED) is 0.252. The van der Waals surface area contributed by atoms with Crippen molar-refractivity contribution in [3.8, 4) is 0 Å². The van der Waals surface area contributed by atoms with E-state index in [9.17, 15) is 0 Å². The van der Waals surface area contributed by atoms with Crippen LogP contribution in [0, 0.1) is 0 Å². The smallest absolute Gasteiger partial charge is 0.183 e. The topological polar surface area (TPSA) is 49.6 Å². The van der Waals surface area contributed by atoms with E-state index in [1.165, 1.54) is 0 Å². The van der Waals surface area contributed by atoms with Gasteiger partial charge in [0.2, 0.25) is 0 Å². The number of halogens is 1. The molecule has 6 heteroatoms. The second-order valence-corrected chi connectivity index (χ2v) is 7.65. The van der Waals surface area contributed by atoms with Gasteiger partial charge in [0, 0.05) is 4.47 Å². The minimum Gasteiger partial charge on any atom is -0.259 e. The molecule has 1 heterocycles. The zero-order chi connectivity index (χ0) is 18.5. The summed E-state index contributed by atoms with van der Waals surface area (Å²) < 4.78 is 2.15. The van der Waals surface area contributed by atoms with E-state index >= 15 is 0 Å². The molecule has 0 aliphatic carbocycles. The largest absolute Gasteiger partial charge is 0.259 e. The molecule has 0 saturated carbocycles. The zero-order valence-electron chi connectivity index (χ0n) is 14.2. The van der Waals surface area contributed by atoms with E-state index in [4.69, 9.17) is 9.98 Å². The summed E-state index contributed by atoms with van der Waals surface area (Å²) in [4.78, 5) is 9.39. The molecule has 3 aromatic carbocycles. The van der Waals surface area contributed by atoms with Crippen molar-refractivity contribution >= 4 is 55.2 Å². The molecule has 0 radical (unpaired) electrons. The number of para-hydroxylation sites is 2. The van der Waals surface area contributed by atoms with Crippen LogP contribution < -0.4 is 5.43 Å². The molecule has 0 fully saturated rings. The van der Waals surface area contributed by atoms with E-state index in [1.54, 1.807) is 17.6 Å². The average Bonchev–Trinajstić information content (AvgIpc) is 3.14. The molecule has 0 spiro atoms. The third kappa shape index (κ3) is 4.48.